The molecule has 1 saturated carbocycles. The first-order valence-corrected chi connectivity index (χ1v) is 7.46. The highest BCUT2D eigenvalue weighted by atomic mass is 16.6. The zero-order valence-electron chi connectivity index (χ0n) is 11.9. The molecule has 3 heteroatoms. The molecule has 18 heavy (non-hydrogen) atoms. The van der Waals surface area contributed by atoms with Crippen molar-refractivity contribution in [3.63, 3.8) is 0 Å². The fourth-order valence-electron chi connectivity index (χ4n) is 3.27. The van der Waals surface area contributed by atoms with Gasteiger partial charge in [0.2, 0.25) is 0 Å². The van der Waals surface area contributed by atoms with Gasteiger partial charge in [-0.3, -0.25) is 4.79 Å². The minimum Gasteiger partial charge on any atom is -0.459 e. The monoisotopic (exact) mass is 254 g/mol. The molecule has 1 heterocycles. The van der Waals surface area contributed by atoms with Gasteiger partial charge in [-0.05, 0) is 51.9 Å². The molecule has 0 spiro atoms. The Balaban J connectivity index is 1.95. The van der Waals surface area contributed by atoms with Crippen molar-refractivity contribution in [1.82, 2.24) is 0 Å². The van der Waals surface area contributed by atoms with Gasteiger partial charge >= 0.3 is 5.97 Å². The van der Waals surface area contributed by atoms with Crippen LogP contribution in [0.4, 0.5) is 0 Å². The zero-order chi connectivity index (χ0) is 13.2. The van der Waals surface area contributed by atoms with Crippen LogP contribution < -0.4 is 0 Å². The third kappa shape index (κ3) is 2.87. The molecular formula is C15H26O3. The van der Waals surface area contributed by atoms with Crippen molar-refractivity contribution < 1.29 is 14.3 Å². The normalized spacial score (nSPS) is 34.7. The van der Waals surface area contributed by atoms with Gasteiger partial charge < -0.3 is 9.47 Å². The number of carbonyl (C=O) groups is 1. The van der Waals surface area contributed by atoms with Crippen LogP contribution >= 0.6 is 0 Å². The summed E-state index contributed by atoms with van der Waals surface area (Å²) in [5.74, 6) is -0.0698. The molecule has 3 unspecified atom stereocenters. The summed E-state index contributed by atoms with van der Waals surface area (Å²) in [7, 11) is 0. The van der Waals surface area contributed by atoms with E-state index in [1.165, 1.54) is 12.8 Å². The Labute approximate surface area is 110 Å². The minimum atomic E-state index is -0.209. The number of rotatable bonds is 4. The molecule has 0 aromatic heterocycles. The van der Waals surface area contributed by atoms with Gasteiger partial charge in [-0.15, -0.1) is 0 Å². The second-order valence-corrected chi connectivity index (χ2v) is 6.03. The number of ether oxygens (including phenoxy) is 2. The predicted octanol–water partition coefficient (Wildman–Crippen LogP) is 3.46. The summed E-state index contributed by atoms with van der Waals surface area (Å²) < 4.78 is 11.7. The minimum absolute atomic E-state index is 0.0257. The van der Waals surface area contributed by atoms with Gasteiger partial charge in [0.05, 0.1) is 18.1 Å². The first-order valence-electron chi connectivity index (χ1n) is 7.46. The van der Waals surface area contributed by atoms with Crippen LogP contribution in [0.3, 0.4) is 0 Å². The highest BCUT2D eigenvalue weighted by Gasteiger charge is 2.42. The lowest BCUT2D eigenvalue weighted by Crippen LogP contribution is -2.34. The number of hydrogen-bond donors (Lipinski definition) is 0. The SMILES string of the molecule is CCC1CC(C(=O)OC2(C)CCCC2)C(CC)O1. The predicted molar refractivity (Wildman–Crippen MR) is 70.3 cm³/mol. The van der Waals surface area contributed by atoms with Gasteiger partial charge in [-0.2, -0.15) is 0 Å². The van der Waals surface area contributed by atoms with Crippen molar-refractivity contribution in [2.45, 2.75) is 83.5 Å². The summed E-state index contributed by atoms with van der Waals surface area (Å²) in [6.07, 6.45) is 7.41. The first-order chi connectivity index (χ1) is 8.58. The summed E-state index contributed by atoms with van der Waals surface area (Å²) >= 11 is 0. The maximum Gasteiger partial charge on any atom is 0.312 e. The van der Waals surface area contributed by atoms with E-state index < -0.39 is 0 Å². The lowest BCUT2D eigenvalue weighted by Gasteiger charge is -2.27. The van der Waals surface area contributed by atoms with E-state index in [4.69, 9.17) is 9.47 Å². The van der Waals surface area contributed by atoms with Crippen LogP contribution in [-0.2, 0) is 14.3 Å². The third-order valence-electron chi connectivity index (χ3n) is 4.50. The van der Waals surface area contributed by atoms with Crippen LogP contribution in [0.5, 0.6) is 0 Å². The first kappa shape index (κ1) is 13.9. The van der Waals surface area contributed by atoms with Crippen molar-refractivity contribution in [3.05, 3.63) is 0 Å². The second kappa shape index (κ2) is 5.60. The van der Waals surface area contributed by atoms with Crippen molar-refractivity contribution in [1.29, 1.82) is 0 Å². The van der Waals surface area contributed by atoms with E-state index in [-0.39, 0.29) is 29.7 Å². The van der Waals surface area contributed by atoms with Crippen LogP contribution in [0, 0.1) is 5.92 Å². The molecule has 0 radical (unpaired) electrons. The smallest absolute Gasteiger partial charge is 0.312 e. The number of carbonyl (C=O) groups excluding carboxylic acids is 1. The van der Waals surface area contributed by atoms with Crippen molar-refractivity contribution in [2.75, 3.05) is 0 Å². The van der Waals surface area contributed by atoms with E-state index in [2.05, 4.69) is 20.8 Å². The Morgan fingerprint density at radius 2 is 1.94 bits per heavy atom. The molecule has 0 amide bonds. The summed E-state index contributed by atoms with van der Waals surface area (Å²) in [6.45, 7) is 6.27. The number of esters is 1. The van der Waals surface area contributed by atoms with E-state index in [0.29, 0.717) is 0 Å². The lowest BCUT2D eigenvalue weighted by molar-refractivity contribution is -0.164. The van der Waals surface area contributed by atoms with E-state index in [1.54, 1.807) is 0 Å². The molecule has 1 aliphatic heterocycles. The fourth-order valence-corrected chi connectivity index (χ4v) is 3.27. The molecule has 0 N–H and O–H groups in total. The topological polar surface area (TPSA) is 35.5 Å². The maximum atomic E-state index is 12.3. The molecule has 0 bridgehead atoms. The Morgan fingerprint density at radius 1 is 1.28 bits per heavy atom. The molecule has 3 atom stereocenters. The average molecular weight is 254 g/mol. The van der Waals surface area contributed by atoms with Gasteiger partial charge in [0.15, 0.2) is 0 Å². The summed E-state index contributed by atoms with van der Waals surface area (Å²) in [5.41, 5.74) is -0.209. The molecule has 104 valence electrons. The van der Waals surface area contributed by atoms with E-state index in [9.17, 15) is 4.79 Å². The number of hydrogen-bond acceptors (Lipinski definition) is 3. The third-order valence-corrected chi connectivity index (χ3v) is 4.50. The summed E-state index contributed by atoms with van der Waals surface area (Å²) in [6, 6.07) is 0. The lowest BCUT2D eigenvalue weighted by atomic mass is 9.96. The van der Waals surface area contributed by atoms with Gasteiger partial charge in [0.1, 0.15) is 5.60 Å². The standard InChI is InChI=1S/C15H26O3/c1-4-11-10-12(13(5-2)17-11)14(16)18-15(3)8-6-7-9-15/h11-13H,4-10H2,1-3H3. The molecule has 0 aromatic carbocycles. The largest absolute Gasteiger partial charge is 0.459 e. The second-order valence-electron chi connectivity index (χ2n) is 6.03. The molecule has 3 nitrogen and oxygen atoms in total. The Kier molecular flexibility index (Phi) is 4.31. The van der Waals surface area contributed by atoms with E-state index in [0.717, 1.165) is 32.1 Å². The van der Waals surface area contributed by atoms with Gasteiger partial charge in [-0.1, -0.05) is 13.8 Å². The van der Waals surface area contributed by atoms with Crippen molar-refractivity contribution in [2.24, 2.45) is 5.92 Å². The van der Waals surface area contributed by atoms with E-state index in [1.807, 2.05) is 0 Å². The van der Waals surface area contributed by atoms with Crippen LogP contribution in [-0.4, -0.2) is 23.8 Å². The van der Waals surface area contributed by atoms with Crippen LogP contribution in [0.2, 0.25) is 0 Å². The Morgan fingerprint density at radius 3 is 2.50 bits per heavy atom. The highest BCUT2D eigenvalue weighted by molar-refractivity contribution is 5.74. The molecule has 1 saturated heterocycles. The molecule has 1 aliphatic carbocycles. The van der Waals surface area contributed by atoms with Crippen molar-refractivity contribution in [3.8, 4) is 0 Å². The molecule has 2 aliphatic rings. The Hall–Kier alpha value is -0.570. The quantitative estimate of drug-likeness (QED) is 0.721. The zero-order valence-corrected chi connectivity index (χ0v) is 11.9. The molecule has 2 fully saturated rings. The van der Waals surface area contributed by atoms with Gasteiger partial charge in [0, 0.05) is 0 Å². The molecular weight excluding hydrogens is 228 g/mol. The Bertz CT molecular complexity index is 294. The van der Waals surface area contributed by atoms with Gasteiger partial charge in [0.25, 0.3) is 0 Å². The molecule has 0 aromatic rings. The summed E-state index contributed by atoms with van der Waals surface area (Å²) in [5, 5.41) is 0. The van der Waals surface area contributed by atoms with Crippen LogP contribution in [0.1, 0.15) is 65.7 Å². The van der Waals surface area contributed by atoms with Crippen molar-refractivity contribution >= 4 is 5.97 Å². The van der Waals surface area contributed by atoms with Crippen LogP contribution in [0.25, 0.3) is 0 Å². The average Bonchev–Trinajstić information content (AvgIpc) is 2.95. The van der Waals surface area contributed by atoms with E-state index >= 15 is 0 Å². The molecule has 2 rings (SSSR count). The fraction of sp³-hybridized carbons (Fsp3) is 0.933. The van der Waals surface area contributed by atoms with Crippen LogP contribution in [0.15, 0.2) is 0 Å². The summed E-state index contributed by atoms with van der Waals surface area (Å²) in [4.78, 5) is 12.3. The van der Waals surface area contributed by atoms with Gasteiger partial charge in [-0.25, -0.2) is 0 Å². The highest BCUT2D eigenvalue weighted by Crippen LogP contribution is 2.36. The maximum absolute atomic E-state index is 12.3.